The van der Waals surface area contributed by atoms with Crippen LogP contribution in [0.3, 0.4) is 0 Å². The molecular formula is C25H32N2O. The molecule has 2 heterocycles. The van der Waals surface area contributed by atoms with E-state index >= 15 is 0 Å². The van der Waals surface area contributed by atoms with Gasteiger partial charge in [-0.2, -0.15) is 0 Å². The first-order valence-corrected chi connectivity index (χ1v) is 11.2. The number of carbonyl (C=O) groups excluding carboxylic acids is 1. The van der Waals surface area contributed by atoms with Crippen LogP contribution in [0.2, 0.25) is 0 Å². The lowest BCUT2D eigenvalue weighted by atomic mass is 9.83. The Morgan fingerprint density at radius 1 is 0.714 bits per heavy atom. The van der Waals surface area contributed by atoms with E-state index in [2.05, 4.69) is 22.1 Å². The van der Waals surface area contributed by atoms with Crippen molar-refractivity contribution in [2.75, 3.05) is 0 Å². The average Bonchev–Trinajstić information content (AvgIpc) is 2.76. The summed E-state index contributed by atoms with van der Waals surface area (Å²) < 4.78 is 0. The third-order valence-corrected chi connectivity index (χ3v) is 6.68. The number of ketones is 1. The number of pyridine rings is 2. The predicted molar refractivity (Wildman–Crippen MR) is 112 cm³/mol. The van der Waals surface area contributed by atoms with E-state index in [9.17, 15) is 4.79 Å². The Bertz CT molecular complexity index is 723. The first-order valence-electron chi connectivity index (χ1n) is 11.2. The molecule has 2 fully saturated rings. The molecule has 4 rings (SSSR count). The molecule has 0 aromatic carbocycles. The van der Waals surface area contributed by atoms with E-state index in [1.165, 1.54) is 64.2 Å². The minimum absolute atomic E-state index is 0.0119. The fourth-order valence-corrected chi connectivity index (χ4v) is 5.13. The third-order valence-electron chi connectivity index (χ3n) is 6.68. The van der Waals surface area contributed by atoms with Gasteiger partial charge in [-0.25, -0.2) is 0 Å². The Morgan fingerprint density at radius 3 is 1.57 bits per heavy atom. The second-order valence-electron chi connectivity index (χ2n) is 8.77. The number of carbonyl (C=O) groups is 1. The highest BCUT2D eigenvalue weighted by molar-refractivity contribution is 6.08. The van der Waals surface area contributed by atoms with E-state index in [1.807, 2.05) is 12.1 Å². The lowest BCUT2D eigenvalue weighted by Gasteiger charge is -2.23. The van der Waals surface area contributed by atoms with Gasteiger partial charge < -0.3 is 0 Å². The van der Waals surface area contributed by atoms with E-state index in [1.54, 1.807) is 12.4 Å². The Labute approximate surface area is 169 Å². The maximum atomic E-state index is 13.4. The van der Waals surface area contributed by atoms with E-state index in [0.717, 1.165) is 24.0 Å². The molecule has 0 saturated heterocycles. The van der Waals surface area contributed by atoms with E-state index < -0.39 is 0 Å². The zero-order valence-electron chi connectivity index (χ0n) is 16.9. The van der Waals surface area contributed by atoms with Crippen LogP contribution >= 0.6 is 0 Å². The SMILES string of the molecule is O=C(c1ncccc1CC1CCCCC1)c1ncccc1CC1CCCCC1. The molecule has 0 aliphatic heterocycles. The van der Waals surface area contributed by atoms with Gasteiger partial charge in [0, 0.05) is 12.4 Å². The van der Waals surface area contributed by atoms with E-state index in [0.29, 0.717) is 23.2 Å². The fourth-order valence-electron chi connectivity index (χ4n) is 5.13. The molecule has 148 valence electrons. The summed E-state index contributed by atoms with van der Waals surface area (Å²) in [4.78, 5) is 22.5. The maximum Gasteiger partial charge on any atom is 0.230 e. The van der Waals surface area contributed by atoms with Gasteiger partial charge in [0.1, 0.15) is 11.4 Å². The van der Waals surface area contributed by atoms with Gasteiger partial charge in [0.2, 0.25) is 5.78 Å². The normalized spacial score (nSPS) is 18.9. The van der Waals surface area contributed by atoms with Crippen molar-refractivity contribution in [3.05, 3.63) is 59.2 Å². The van der Waals surface area contributed by atoms with Crippen molar-refractivity contribution in [3.8, 4) is 0 Å². The Kier molecular flexibility index (Phi) is 6.51. The highest BCUT2D eigenvalue weighted by Crippen LogP contribution is 2.30. The average molecular weight is 377 g/mol. The van der Waals surface area contributed by atoms with Crippen molar-refractivity contribution < 1.29 is 4.79 Å². The minimum atomic E-state index is 0.0119. The Hall–Kier alpha value is -2.03. The van der Waals surface area contributed by atoms with Crippen LogP contribution in [0.25, 0.3) is 0 Å². The number of hydrogen-bond acceptors (Lipinski definition) is 3. The summed E-state index contributed by atoms with van der Waals surface area (Å²) >= 11 is 0. The second-order valence-corrected chi connectivity index (χ2v) is 8.77. The predicted octanol–water partition coefficient (Wildman–Crippen LogP) is 5.95. The van der Waals surface area contributed by atoms with Crippen molar-refractivity contribution in [3.63, 3.8) is 0 Å². The third kappa shape index (κ3) is 4.68. The molecule has 2 aromatic heterocycles. The molecule has 28 heavy (non-hydrogen) atoms. The molecule has 3 heteroatoms. The molecule has 2 aliphatic carbocycles. The Morgan fingerprint density at radius 2 is 1.14 bits per heavy atom. The first-order chi connectivity index (χ1) is 13.8. The van der Waals surface area contributed by atoms with Crippen LogP contribution in [-0.2, 0) is 12.8 Å². The monoisotopic (exact) mass is 376 g/mol. The number of hydrogen-bond donors (Lipinski definition) is 0. The number of aromatic nitrogens is 2. The van der Waals surface area contributed by atoms with Gasteiger partial charge in [0.15, 0.2) is 0 Å². The van der Waals surface area contributed by atoms with Gasteiger partial charge in [-0.15, -0.1) is 0 Å². The first kappa shape index (κ1) is 19.3. The molecule has 2 aliphatic rings. The quantitative estimate of drug-likeness (QED) is 0.585. The largest absolute Gasteiger partial charge is 0.285 e. The minimum Gasteiger partial charge on any atom is -0.285 e. The van der Waals surface area contributed by atoms with Crippen LogP contribution in [0.15, 0.2) is 36.7 Å². The highest BCUT2D eigenvalue weighted by atomic mass is 16.1. The van der Waals surface area contributed by atoms with Crippen molar-refractivity contribution in [2.45, 2.75) is 77.0 Å². The molecule has 0 amide bonds. The molecule has 2 saturated carbocycles. The summed E-state index contributed by atoms with van der Waals surface area (Å²) in [6.07, 6.45) is 18.5. The molecule has 3 nitrogen and oxygen atoms in total. The van der Waals surface area contributed by atoms with Crippen LogP contribution in [0.1, 0.15) is 91.5 Å². The van der Waals surface area contributed by atoms with Crippen LogP contribution in [0.4, 0.5) is 0 Å². The molecule has 0 unspecified atom stereocenters. The topological polar surface area (TPSA) is 42.9 Å². The van der Waals surface area contributed by atoms with Gasteiger partial charge in [-0.05, 0) is 47.9 Å². The summed E-state index contributed by atoms with van der Waals surface area (Å²) in [5, 5.41) is 0. The van der Waals surface area contributed by atoms with E-state index in [-0.39, 0.29) is 5.78 Å². The van der Waals surface area contributed by atoms with Crippen molar-refractivity contribution in [2.24, 2.45) is 11.8 Å². The zero-order valence-corrected chi connectivity index (χ0v) is 16.9. The summed E-state index contributed by atoms with van der Waals surface area (Å²) in [6, 6.07) is 8.13. The van der Waals surface area contributed by atoms with Gasteiger partial charge in [0.05, 0.1) is 0 Å². The fraction of sp³-hybridized carbons (Fsp3) is 0.560. The lowest BCUT2D eigenvalue weighted by molar-refractivity contribution is 0.102. The summed E-state index contributed by atoms with van der Waals surface area (Å²) in [5.41, 5.74) is 3.45. The number of nitrogens with zero attached hydrogens (tertiary/aromatic N) is 2. The molecule has 0 N–H and O–H groups in total. The number of rotatable bonds is 6. The van der Waals surface area contributed by atoms with Gasteiger partial charge in [-0.3, -0.25) is 14.8 Å². The molecule has 0 atom stereocenters. The van der Waals surface area contributed by atoms with Crippen molar-refractivity contribution in [1.82, 2.24) is 9.97 Å². The van der Waals surface area contributed by atoms with Crippen LogP contribution < -0.4 is 0 Å². The maximum absolute atomic E-state index is 13.4. The van der Waals surface area contributed by atoms with Crippen molar-refractivity contribution >= 4 is 5.78 Å². The van der Waals surface area contributed by atoms with Gasteiger partial charge in [-0.1, -0.05) is 76.3 Å². The van der Waals surface area contributed by atoms with Crippen LogP contribution in [0.5, 0.6) is 0 Å². The van der Waals surface area contributed by atoms with Gasteiger partial charge in [0.25, 0.3) is 0 Å². The standard InChI is InChI=1S/C25H32N2O/c28-25(23-21(13-7-15-26-23)17-19-9-3-1-4-10-19)24-22(14-8-16-27-24)18-20-11-5-2-6-12-20/h7-8,13-16,19-20H,1-6,9-12,17-18H2. The zero-order chi connectivity index (χ0) is 19.2. The molecule has 2 aromatic rings. The van der Waals surface area contributed by atoms with E-state index in [4.69, 9.17) is 0 Å². The highest BCUT2D eigenvalue weighted by Gasteiger charge is 2.24. The summed E-state index contributed by atoms with van der Waals surface area (Å²) in [5.74, 6) is 1.39. The molecular weight excluding hydrogens is 344 g/mol. The second kappa shape index (κ2) is 9.45. The molecule has 0 spiro atoms. The van der Waals surface area contributed by atoms with Crippen LogP contribution in [-0.4, -0.2) is 15.8 Å². The van der Waals surface area contributed by atoms with Crippen LogP contribution in [0, 0.1) is 11.8 Å². The summed E-state index contributed by atoms with van der Waals surface area (Å²) in [6.45, 7) is 0. The van der Waals surface area contributed by atoms with Gasteiger partial charge >= 0.3 is 0 Å². The Balaban J connectivity index is 1.56. The van der Waals surface area contributed by atoms with Crippen molar-refractivity contribution in [1.29, 1.82) is 0 Å². The smallest absolute Gasteiger partial charge is 0.230 e. The lowest BCUT2D eigenvalue weighted by Crippen LogP contribution is -2.17. The molecule has 0 bridgehead atoms. The summed E-state index contributed by atoms with van der Waals surface area (Å²) in [7, 11) is 0. The molecule has 0 radical (unpaired) electrons.